The normalized spacial score (nSPS) is 10.2. The lowest BCUT2D eigenvalue weighted by Gasteiger charge is -2.03. The average Bonchev–Trinajstić information content (AvgIpc) is 2.76. The van der Waals surface area contributed by atoms with Crippen LogP contribution in [-0.4, -0.2) is 27.6 Å². The Hall–Kier alpha value is -1.69. The van der Waals surface area contributed by atoms with Gasteiger partial charge in [-0.25, -0.2) is 4.98 Å². The number of rotatable bonds is 4. The van der Waals surface area contributed by atoms with E-state index < -0.39 is 0 Å². The van der Waals surface area contributed by atoms with E-state index in [1.54, 1.807) is 12.1 Å². The lowest BCUT2D eigenvalue weighted by atomic mass is 10.2. The van der Waals surface area contributed by atoms with Gasteiger partial charge in [0.2, 0.25) is 4.73 Å². The summed E-state index contributed by atoms with van der Waals surface area (Å²) < 4.78 is 0.530. The summed E-state index contributed by atoms with van der Waals surface area (Å²) in [7, 11) is 0. The smallest absolute Gasteiger partial charge is 0.251 e. The van der Waals surface area contributed by atoms with Gasteiger partial charge in [-0.3, -0.25) is 9.89 Å². The molecule has 5 nitrogen and oxygen atoms in total. The third-order valence-electron chi connectivity index (χ3n) is 2.19. The summed E-state index contributed by atoms with van der Waals surface area (Å²) in [5, 5.41) is 9.41. The number of nitrogens with one attached hydrogen (secondary N) is 2. The molecule has 0 saturated carbocycles. The van der Waals surface area contributed by atoms with E-state index in [4.69, 9.17) is 0 Å². The van der Waals surface area contributed by atoms with Crippen LogP contribution >= 0.6 is 15.9 Å². The summed E-state index contributed by atoms with van der Waals surface area (Å²) in [5.74, 6) is 0.661. The van der Waals surface area contributed by atoms with E-state index in [1.807, 2.05) is 18.2 Å². The number of H-pyrrole nitrogens is 1. The number of amides is 1. The van der Waals surface area contributed by atoms with E-state index in [9.17, 15) is 4.79 Å². The highest BCUT2D eigenvalue weighted by atomic mass is 79.9. The third kappa shape index (κ3) is 3.39. The molecule has 0 bridgehead atoms. The molecule has 1 amide bonds. The Kier molecular flexibility index (Phi) is 3.87. The standard InChI is InChI=1S/C11H11BrN4O/c12-11-14-9(15-16-11)6-7-13-10(17)8-4-2-1-3-5-8/h1-5H,6-7H2,(H,13,17)(H,14,15,16). The zero-order valence-electron chi connectivity index (χ0n) is 8.98. The van der Waals surface area contributed by atoms with Crippen LogP contribution in [0.3, 0.4) is 0 Å². The topological polar surface area (TPSA) is 70.7 Å². The van der Waals surface area contributed by atoms with Gasteiger partial charge in [-0.15, -0.1) is 5.10 Å². The molecule has 0 atom stereocenters. The molecular weight excluding hydrogens is 284 g/mol. The number of aromatic nitrogens is 3. The summed E-state index contributed by atoms with van der Waals surface area (Å²) in [4.78, 5) is 15.8. The first-order chi connectivity index (χ1) is 8.25. The Morgan fingerprint density at radius 2 is 2.12 bits per heavy atom. The van der Waals surface area contributed by atoms with Crippen molar-refractivity contribution in [2.75, 3.05) is 6.54 Å². The molecule has 2 aromatic rings. The Morgan fingerprint density at radius 1 is 1.35 bits per heavy atom. The summed E-state index contributed by atoms with van der Waals surface area (Å²) in [6, 6.07) is 9.11. The van der Waals surface area contributed by atoms with Crippen molar-refractivity contribution < 1.29 is 4.79 Å². The summed E-state index contributed by atoms with van der Waals surface area (Å²) in [5.41, 5.74) is 0.659. The molecule has 0 fully saturated rings. The van der Waals surface area contributed by atoms with Gasteiger partial charge in [0.15, 0.2) is 0 Å². The van der Waals surface area contributed by atoms with Crippen molar-refractivity contribution >= 4 is 21.8 Å². The Balaban J connectivity index is 1.81. The first kappa shape index (κ1) is 11.8. The number of halogens is 1. The van der Waals surface area contributed by atoms with Crippen molar-refractivity contribution in [2.24, 2.45) is 0 Å². The lowest BCUT2D eigenvalue weighted by molar-refractivity contribution is 0.0954. The molecule has 0 radical (unpaired) electrons. The first-order valence-corrected chi connectivity index (χ1v) is 5.95. The van der Waals surface area contributed by atoms with Crippen molar-refractivity contribution in [3.8, 4) is 0 Å². The van der Waals surface area contributed by atoms with E-state index in [0.717, 1.165) is 5.82 Å². The van der Waals surface area contributed by atoms with E-state index >= 15 is 0 Å². The van der Waals surface area contributed by atoms with Gasteiger partial charge in [0, 0.05) is 18.5 Å². The van der Waals surface area contributed by atoms with E-state index in [0.29, 0.717) is 23.3 Å². The molecule has 0 aliphatic carbocycles. The zero-order chi connectivity index (χ0) is 12.1. The molecule has 88 valence electrons. The summed E-state index contributed by atoms with van der Waals surface area (Å²) in [6.45, 7) is 0.523. The van der Waals surface area contributed by atoms with Crippen LogP contribution in [0.4, 0.5) is 0 Å². The van der Waals surface area contributed by atoms with Crippen LogP contribution in [0.5, 0.6) is 0 Å². The number of hydrogen-bond acceptors (Lipinski definition) is 3. The van der Waals surface area contributed by atoms with Crippen molar-refractivity contribution in [2.45, 2.75) is 6.42 Å². The molecule has 0 unspecified atom stereocenters. The van der Waals surface area contributed by atoms with Gasteiger partial charge >= 0.3 is 0 Å². The molecule has 6 heteroatoms. The van der Waals surface area contributed by atoms with Crippen molar-refractivity contribution in [3.05, 3.63) is 46.5 Å². The maximum Gasteiger partial charge on any atom is 0.251 e. The largest absolute Gasteiger partial charge is 0.352 e. The molecule has 0 aliphatic rings. The molecule has 1 aromatic carbocycles. The second-order valence-electron chi connectivity index (χ2n) is 3.42. The van der Waals surface area contributed by atoms with Crippen molar-refractivity contribution in [1.29, 1.82) is 0 Å². The minimum Gasteiger partial charge on any atom is -0.352 e. The van der Waals surface area contributed by atoms with Gasteiger partial charge in [-0.2, -0.15) is 0 Å². The van der Waals surface area contributed by atoms with Gasteiger partial charge in [0.25, 0.3) is 5.91 Å². The minimum atomic E-state index is -0.0795. The number of hydrogen-bond donors (Lipinski definition) is 2. The molecule has 0 spiro atoms. The fourth-order valence-electron chi connectivity index (χ4n) is 1.37. The maximum absolute atomic E-state index is 11.7. The van der Waals surface area contributed by atoms with E-state index in [1.165, 1.54) is 0 Å². The Labute approximate surface area is 107 Å². The first-order valence-electron chi connectivity index (χ1n) is 5.16. The predicted octanol–water partition coefficient (Wildman–Crippen LogP) is 1.54. The lowest BCUT2D eigenvalue weighted by Crippen LogP contribution is -2.25. The highest BCUT2D eigenvalue weighted by Gasteiger charge is 2.04. The van der Waals surface area contributed by atoms with E-state index in [-0.39, 0.29) is 5.91 Å². The fraction of sp³-hybridized carbons (Fsp3) is 0.182. The van der Waals surface area contributed by atoms with Crippen molar-refractivity contribution in [1.82, 2.24) is 20.5 Å². The van der Waals surface area contributed by atoms with Gasteiger partial charge < -0.3 is 5.32 Å². The highest BCUT2D eigenvalue weighted by Crippen LogP contribution is 2.01. The minimum absolute atomic E-state index is 0.0795. The van der Waals surface area contributed by atoms with Crippen LogP contribution in [0.15, 0.2) is 35.1 Å². The highest BCUT2D eigenvalue weighted by molar-refractivity contribution is 9.10. The Bertz CT molecular complexity index is 497. The molecule has 1 heterocycles. The number of benzene rings is 1. The number of carbonyl (C=O) groups excluding carboxylic acids is 1. The van der Waals surface area contributed by atoms with Crippen LogP contribution < -0.4 is 5.32 Å². The van der Waals surface area contributed by atoms with Crippen LogP contribution in [-0.2, 0) is 6.42 Å². The average molecular weight is 295 g/mol. The summed E-state index contributed by atoms with van der Waals surface area (Å²) in [6.07, 6.45) is 0.622. The molecule has 2 rings (SSSR count). The second-order valence-corrected chi connectivity index (χ2v) is 4.13. The molecule has 2 N–H and O–H groups in total. The molecule has 1 aromatic heterocycles. The molecule has 17 heavy (non-hydrogen) atoms. The quantitative estimate of drug-likeness (QED) is 0.899. The monoisotopic (exact) mass is 294 g/mol. The fourth-order valence-corrected chi connectivity index (χ4v) is 1.67. The van der Waals surface area contributed by atoms with Gasteiger partial charge in [-0.1, -0.05) is 18.2 Å². The zero-order valence-corrected chi connectivity index (χ0v) is 10.6. The van der Waals surface area contributed by atoms with Crippen LogP contribution in [0.25, 0.3) is 0 Å². The summed E-state index contributed by atoms with van der Waals surface area (Å²) >= 11 is 3.15. The molecule has 0 saturated heterocycles. The SMILES string of the molecule is O=C(NCCc1nc(Br)n[nH]1)c1ccccc1. The molecule has 0 aliphatic heterocycles. The number of carbonyl (C=O) groups is 1. The van der Waals surface area contributed by atoms with Crippen LogP contribution in [0, 0.1) is 0 Å². The predicted molar refractivity (Wildman–Crippen MR) is 66.6 cm³/mol. The number of nitrogens with zero attached hydrogens (tertiary/aromatic N) is 2. The van der Waals surface area contributed by atoms with Crippen molar-refractivity contribution in [3.63, 3.8) is 0 Å². The third-order valence-corrected chi connectivity index (χ3v) is 2.54. The number of aromatic amines is 1. The van der Waals surface area contributed by atoms with Gasteiger partial charge in [0.05, 0.1) is 0 Å². The maximum atomic E-state index is 11.7. The van der Waals surface area contributed by atoms with E-state index in [2.05, 4.69) is 36.4 Å². The van der Waals surface area contributed by atoms with Gasteiger partial charge in [-0.05, 0) is 28.1 Å². The second kappa shape index (κ2) is 5.58. The van der Waals surface area contributed by atoms with Gasteiger partial charge in [0.1, 0.15) is 5.82 Å². The van der Waals surface area contributed by atoms with Crippen LogP contribution in [0.2, 0.25) is 0 Å². The Morgan fingerprint density at radius 3 is 2.76 bits per heavy atom. The molecular formula is C11H11BrN4O. The van der Waals surface area contributed by atoms with Crippen LogP contribution in [0.1, 0.15) is 16.2 Å².